The third-order valence-electron chi connectivity index (χ3n) is 4.43. The molecule has 0 amide bonds. The zero-order valence-corrected chi connectivity index (χ0v) is 15.4. The molecule has 2 aromatic carbocycles. The van der Waals surface area contributed by atoms with Crippen LogP contribution in [0.25, 0.3) is 22.6 Å². The second kappa shape index (κ2) is 7.86. The van der Waals surface area contributed by atoms with Gasteiger partial charge in [-0.25, -0.2) is 4.98 Å². The van der Waals surface area contributed by atoms with E-state index < -0.39 is 0 Å². The van der Waals surface area contributed by atoms with Crippen LogP contribution in [0.3, 0.4) is 0 Å². The number of nitrogens with two attached hydrogens (primary N) is 1. The topological polar surface area (TPSA) is 105 Å². The number of nitrogens with one attached hydrogen (secondary N) is 2. The Labute approximate surface area is 157 Å². The molecule has 0 saturated carbocycles. The average Bonchev–Trinajstić information content (AvgIpc) is 3.08. The van der Waals surface area contributed by atoms with Crippen molar-refractivity contribution in [2.24, 2.45) is 5.73 Å². The lowest BCUT2D eigenvalue weighted by atomic mass is 10.1. The number of ether oxygens (including phenoxy) is 1. The zero-order chi connectivity index (χ0) is 19.4. The third kappa shape index (κ3) is 4.23. The minimum atomic E-state index is -0.207. The zero-order valence-electron chi connectivity index (χ0n) is 15.4. The Morgan fingerprint density at radius 3 is 2.33 bits per heavy atom. The Balaban J connectivity index is 1.79. The minimum Gasteiger partial charge on any atom is -0.469 e. The first-order valence-corrected chi connectivity index (χ1v) is 8.65. The maximum Gasteiger partial charge on any atom is 0.305 e. The Kier molecular flexibility index (Phi) is 5.35. The van der Waals surface area contributed by atoms with Gasteiger partial charge in [-0.15, -0.1) is 0 Å². The summed E-state index contributed by atoms with van der Waals surface area (Å²) in [5, 5.41) is 7.48. The van der Waals surface area contributed by atoms with E-state index in [1.165, 1.54) is 7.11 Å². The number of methoxy groups -OCH3 is 1. The van der Waals surface area contributed by atoms with Gasteiger partial charge in [0.25, 0.3) is 0 Å². The highest BCUT2D eigenvalue weighted by atomic mass is 16.5. The number of H-pyrrole nitrogens is 1. The SMILES string of the molecule is COC(=O)CCc1ccc(-c2nc(-c3ccc(C(=N)N)cc3)c(C)[nH]2)cc1. The summed E-state index contributed by atoms with van der Waals surface area (Å²) in [5.74, 6) is 0.632. The fourth-order valence-corrected chi connectivity index (χ4v) is 2.86. The highest BCUT2D eigenvalue weighted by Gasteiger charge is 2.11. The van der Waals surface area contributed by atoms with Crippen molar-refractivity contribution in [1.29, 1.82) is 5.41 Å². The normalized spacial score (nSPS) is 10.6. The summed E-state index contributed by atoms with van der Waals surface area (Å²) in [6.45, 7) is 1.98. The van der Waals surface area contributed by atoms with Gasteiger partial charge in [-0.1, -0.05) is 48.5 Å². The van der Waals surface area contributed by atoms with Crippen molar-refractivity contribution in [3.8, 4) is 22.6 Å². The summed E-state index contributed by atoms with van der Waals surface area (Å²) in [5.41, 5.74) is 11.1. The largest absolute Gasteiger partial charge is 0.469 e. The highest BCUT2D eigenvalue weighted by molar-refractivity contribution is 5.95. The molecule has 0 fully saturated rings. The van der Waals surface area contributed by atoms with E-state index in [1.54, 1.807) is 0 Å². The number of nitrogens with zero attached hydrogens (tertiary/aromatic N) is 1. The second-order valence-corrected chi connectivity index (χ2v) is 6.32. The van der Waals surface area contributed by atoms with Crippen LogP contribution in [0.15, 0.2) is 48.5 Å². The van der Waals surface area contributed by atoms with Crippen LogP contribution in [0.4, 0.5) is 0 Å². The summed E-state index contributed by atoms with van der Waals surface area (Å²) in [7, 11) is 1.40. The van der Waals surface area contributed by atoms with Crippen LogP contribution in [0.2, 0.25) is 0 Å². The van der Waals surface area contributed by atoms with Gasteiger partial charge in [0.1, 0.15) is 11.7 Å². The summed E-state index contributed by atoms with van der Waals surface area (Å²) in [6.07, 6.45) is 1.02. The molecule has 3 aromatic rings. The van der Waals surface area contributed by atoms with Gasteiger partial charge in [-0.05, 0) is 18.9 Å². The number of nitrogen functional groups attached to an aromatic ring is 1. The highest BCUT2D eigenvalue weighted by Crippen LogP contribution is 2.26. The van der Waals surface area contributed by atoms with Gasteiger partial charge < -0.3 is 15.5 Å². The Morgan fingerprint density at radius 2 is 1.74 bits per heavy atom. The first-order valence-electron chi connectivity index (χ1n) is 8.65. The summed E-state index contributed by atoms with van der Waals surface area (Å²) < 4.78 is 4.67. The van der Waals surface area contributed by atoms with Crippen molar-refractivity contribution in [1.82, 2.24) is 9.97 Å². The molecule has 6 heteroatoms. The number of hydrogen-bond acceptors (Lipinski definition) is 4. The number of aromatic nitrogens is 2. The molecule has 0 aliphatic carbocycles. The molecule has 0 aliphatic rings. The molecule has 27 heavy (non-hydrogen) atoms. The van der Waals surface area contributed by atoms with E-state index in [0.29, 0.717) is 18.4 Å². The number of hydrogen-bond donors (Lipinski definition) is 3. The maximum atomic E-state index is 11.3. The standard InChI is InChI=1S/C21H22N4O2/c1-13-19(15-8-10-16(11-9-15)20(22)23)25-21(24-13)17-6-3-14(4-7-17)5-12-18(26)27-2/h3-4,6-11H,5,12H2,1-2H3,(H3,22,23)(H,24,25). The third-order valence-corrected chi connectivity index (χ3v) is 4.43. The van der Waals surface area contributed by atoms with Gasteiger partial charge in [-0.2, -0.15) is 0 Å². The van der Waals surface area contributed by atoms with E-state index in [1.807, 2.05) is 55.5 Å². The fraction of sp³-hybridized carbons (Fsp3) is 0.190. The van der Waals surface area contributed by atoms with E-state index in [0.717, 1.165) is 33.9 Å². The fourth-order valence-electron chi connectivity index (χ4n) is 2.86. The Hall–Kier alpha value is -3.41. The molecule has 0 saturated heterocycles. The van der Waals surface area contributed by atoms with Crippen molar-refractivity contribution in [3.63, 3.8) is 0 Å². The van der Waals surface area contributed by atoms with Crippen LogP contribution >= 0.6 is 0 Å². The quantitative estimate of drug-likeness (QED) is 0.355. The lowest BCUT2D eigenvalue weighted by molar-refractivity contribution is -0.140. The number of rotatable bonds is 6. The minimum absolute atomic E-state index is 0.0493. The molecule has 1 heterocycles. The molecule has 0 radical (unpaired) electrons. The molecule has 0 spiro atoms. The van der Waals surface area contributed by atoms with Gasteiger partial charge >= 0.3 is 5.97 Å². The molecule has 138 valence electrons. The summed E-state index contributed by atoms with van der Waals surface area (Å²) in [6, 6.07) is 15.5. The molecule has 0 atom stereocenters. The van der Waals surface area contributed by atoms with Crippen molar-refractivity contribution < 1.29 is 9.53 Å². The molecule has 0 bridgehead atoms. The monoisotopic (exact) mass is 362 g/mol. The number of benzene rings is 2. The number of esters is 1. The number of aromatic amines is 1. The van der Waals surface area contributed by atoms with Gasteiger partial charge in [0.2, 0.25) is 0 Å². The van der Waals surface area contributed by atoms with Crippen LogP contribution in [0.5, 0.6) is 0 Å². The van der Waals surface area contributed by atoms with Crippen molar-refractivity contribution in [2.75, 3.05) is 7.11 Å². The van der Waals surface area contributed by atoms with Crippen LogP contribution in [0, 0.1) is 12.3 Å². The Bertz CT molecular complexity index is 957. The first kappa shape index (κ1) is 18.4. The van der Waals surface area contributed by atoms with E-state index in [9.17, 15) is 4.79 Å². The first-order chi connectivity index (χ1) is 13.0. The van der Waals surface area contributed by atoms with Crippen molar-refractivity contribution in [2.45, 2.75) is 19.8 Å². The van der Waals surface area contributed by atoms with Crippen LogP contribution < -0.4 is 5.73 Å². The molecular formula is C21H22N4O2. The molecule has 1 aromatic heterocycles. The van der Waals surface area contributed by atoms with E-state index >= 15 is 0 Å². The Morgan fingerprint density at radius 1 is 1.11 bits per heavy atom. The molecular weight excluding hydrogens is 340 g/mol. The molecule has 6 nitrogen and oxygen atoms in total. The summed E-state index contributed by atoms with van der Waals surface area (Å²) >= 11 is 0. The van der Waals surface area contributed by atoms with Gasteiger partial charge in [0.05, 0.1) is 12.8 Å². The number of imidazole rings is 1. The van der Waals surface area contributed by atoms with Crippen molar-refractivity contribution >= 4 is 11.8 Å². The predicted octanol–water partition coefficient (Wildman–Crippen LogP) is 3.44. The van der Waals surface area contributed by atoms with Gasteiger partial charge in [-0.3, -0.25) is 10.2 Å². The number of carbonyl (C=O) groups excluding carboxylic acids is 1. The van der Waals surface area contributed by atoms with E-state index in [-0.39, 0.29) is 11.8 Å². The molecule has 4 N–H and O–H groups in total. The number of aryl methyl sites for hydroxylation is 2. The lowest BCUT2D eigenvalue weighted by Crippen LogP contribution is -2.10. The van der Waals surface area contributed by atoms with Crippen LogP contribution in [-0.4, -0.2) is 28.9 Å². The molecule has 0 unspecified atom stereocenters. The second-order valence-electron chi connectivity index (χ2n) is 6.32. The van der Waals surface area contributed by atoms with Gasteiger partial charge in [0.15, 0.2) is 0 Å². The number of amidine groups is 1. The smallest absolute Gasteiger partial charge is 0.305 e. The van der Waals surface area contributed by atoms with E-state index in [2.05, 4.69) is 9.72 Å². The maximum absolute atomic E-state index is 11.3. The predicted molar refractivity (Wildman–Crippen MR) is 106 cm³/mol. The van der Waals surface area contributed by atoms with Gasteiger partial charge in [0, 0.05) is 28.8 Å². The average molecular weight is 362 g/mol. The van der Waals surface area contributed by atoms with E-state index in [4.69, 9.17) is 16.1 Å². The molecule has 3 rings (SSSR count). The van der Waals surface area contributed by atoms with Crippen LogP contribution in [-0.2, 0) is 16.0 Å². The van der Waals surface area contributed by atoms with Crippen LogP contribution in [0.1, 0.15) is 23.2 Å². The lowest BCUT2D eigenvalue weighted by Gasteiger charge is -2.02. The van der Waals surface area contributed by atoms with Crippen molar-refractivity contribution in [3.05, 3.63) is 65.4 Å². The number of carbonyl (C=O) groups is 1. The molecule has 0 aliphatic heterocycles. The summed E-state index contributed by atoms with van der Waals surface area (Å²) in [4.78, 5) is 19.3.